The van der Waals surface area contributed by atoms with Crippen molar-refractivity contribution in [2.45, 2.75) is 13.5 Å². The molecule has 4 aromatic rings. The number of aromatic nitrogens is 1. The lowest BCUT2D eigenvalue weighted by atomic mass is 9.99. The van der Waals surface area contributed by atoms with Crippen molar-refractivity contribution < 1.29 is 24.5 Å². The number of rotatable bonds is 8. The van der Waals surface area contributed by atoms with Gasteiger partial charge in [-0.25, -0.2) is 14.6 Å². The van der Waals surface area contributed by atoms with Crippen LogP contribution in [0.3, 0.4) is 0 Å². The molecule has 0 fully saturated rings. The zero-order valence-corrected chi connectivity index (χ0v) is 20.3. The summed E-state index contributed by atoms with van der Waals surface area (Å²) in [5.74, 6) is -1.60. The first-order chi connectivity index (χ1) is 17.3. The van der Waals surface area contributed by atoms with Gasteiger partial charge in [-0.2, -0.15) is 0 Å². The van der Waals surface area contributed by atoms with Crippen molar-refractivity contribution in [3.05, 3.63) is 94.5 Å². The van der Waals surface area contributed by atoms with Crippen LogP contribution in [0.25, 0.3) is 10.9 Å². The minimum Gasteiger partial charge on any atom is -0.494 e. The largest absolute Gasteiger partial charge is 0.494 e. The predicted octanol–water partition coefficient (Wildman–Crippen LogP) is 4.98. The number of nitrogens with zero attached hydrogens (tertiary/aromatic N) is 2. The maximum Gasteiger partial charge on any atom is 0.338 e. The molecule has 0 amide bonds. The zero-order valence-electron chi connectivity index (χ0n) is 20.3. The van der Waals surface area contributed by atoms with Crippen LogP contribution < -0.4 is 0 Å². The maximum absolute atomic E-state index is 12.2. The van der Waals surface area contributed by atoms with Crippen LogP contribution in [0.4, 0.5) is 5.69 Å². The van der Waals surface area contributed by atoms with E-state index >= 15 is 0 Å². The Labute approximate surface area is 208 Å². The number of esters is 1. The third-order valence-electron chi connectivity index (χ3n) is 5.63. The molecule has 0 spiro atoms. The second kappa shape index (κ2) is 10.5. The third kappa shape index (κ3) is 5.13. The predicted molar refractivity (Wildman–Crippen MR) is 138 cm³/mol. The maximum atomic E-state index is 12.2. The topological polar surface area (TPSA) is 115 Å². The number of carbonyl (C=O) groups excluding carboxylic acids is 1. The average molecular weight is 486 g/mol. The van der Waals surface area contributed by atoms with E-state index in [9.17, 15) is 19.8 Å². The number of hydrogen-bond donors (Lipinski definition) is 3. The molecule has 184 valence electrons. The lowest BCUT2D eigenvalue weighted by Gasteiger charge is -2.13. The van der Waals surface area contributed by atoms with E-state index in [1.165, 1.54) is 6.07 Å². The molecular formula is C28H27N3O5. The molecule has 3 N–H and O–H groups in total. The van der Waals surface area contributed by atoms with E-state index in [2.05, 4.69) is 4.98 Å². The molecule has 0 aliphatic rings. The molecular weight excluding hydrogens is 458 g/mol. The van der Waals surface area contributed by atoms with Gasteiger partial charge in [0, 0.05) is 23.0 Å². The molecule has 8 heteroatoms. The van der Waals surface area contributed by atoms with Crippen LogP contribution in [0.1, 0.15) is 44.3 Å². The number of carbonyl (C=O) groups is 2. The van der Waals surface area contributed by atoms with Crippen LogP contribution >= 0.6 is 0 Å². The van der Waals surface area contributed by atoms with Crippen LogP contribution in [0.5, 0.6) is 5.88 Å². The molecule has 0 bridgehead atoms. The Morgan fingerprint density at radius 2 is 1.75 bits per heavy atom. The summed E-state index contributed by atoms with van der Waals surface area (Å²) in [7, 11) is 3.75. The number of carboxylic acid groups (broad SMARTS) is 1. The number of aromatic carboxylic acids is 1. The number of aromatic amines is 1. The van der Waals surface area contributed by atoms with E-state index in [0.29, 0.717) is 45.5 Å². The van der Waals surface area contributed by atoms with E-state index in [1.807, 2.05) is 49.3 Å². The molecule has 0 aliphatic carbocycles. The van der Waals surface area contributed by atoms with Crippen LogP contribution in [-0.2, 0) is 11.3 Å². The molecule has 3 aromatic carbocycles. The highest BCUT2D eigenvalue weighted by atomic mass is 16.5. The van der Waals surface area contributed by atoms with E-state index in [-0.39, 0.29) is 18.1 Å². The van der Waals surface area contributed by atoms with Gasteiger partial charge < -0.3 is 24.8 Å². The number of fused-ring (bicyclic) bond motifs is 1. The standard InChI is InChI=1S/C28H27N3O5/c1-4-36-28(35)18-11-13-21-23(14-18)30-26(32)24(21)25(17-8-6-5-7-9-17)29-20-12-10-19(16-31(2)3)22(15-20)27(33)34/h5-15,30,32H,4,16H2,1-3H3,(H,33,34). The Bertz CT molecular complexity index is 1460. The molecule has 36 heavy (non-hydrogen) atoms. The summed E-state index contributed by atoms with van der Waals surface area (Å²) in [6.45, 7) is 2.47. The van der Waals surface area contributed by atoms with Crippen LogP contribution in [0.15, 0.2) is 71.7 Å². The van der Waals surface area contributed by atoms with Gasteiger partial charge in [-0.15, -0.1) is 0 Å². The van der Waals surface area contributed by atoms with Crippen LogP contribution in [0.2, 0.25) is 0 Å². The number of carboxylic acids is 1. The smallest absolute Gasteiger partial charge is 0.338 e. The van der Waals surface area contributed by atoms with Gasteiger partial charge in [0.2, 0.25) is 0 Å². The normalized spacial score (nSPS) is 11.7. The number of benzene rings is 3. The molecule has 8 nitrogen and oxygen atoms in total. The Morgan fingerprint density at radius 1 is 1.00 bits per heavy atom. The van der Waals surface area contributed by atoms with E-state index in [4.69, 9.17) is 9.73 Å². The number of ether oxygens (including phenoxy) is 1. The molecule has 0 saturated carbocycles. The summed E-state index contributed by atoms with van der Waals surface area (Å²) in [5.41, 5.74) is 3.82. The Hall–Kier alpha value is -4.43. The van der Waals surface area contributed by atoms with Crippen molar-refractivity contribution in [1.82, 2.24) is 9.88 Å². The van der Waals surface area contributed by atoms with Crippen molar-refractivity contribution in [2.75, 3.05) is 20.7 Å². The third-order valence-corrected chi connectivity index (χ3v) is 5.63. The lowest BCUT2D eigenvalue weighted by Crippen LogP contribution is -2.14. The minimum absolute atomic E-state index is 0.115. The monoisotopic (exact) mass is 485 g/mol. The Balaban J connectivity index is 1.89. The highest BCUT2D eigenvalue weighted by Gasteiger charge is 2.20. The van der Waals surface area contributed by atoms with E-state index in [1.54, 1.807) is 37.3 Å². The quantitative estimate of drug-likeness (QED) is 0.240. The van der Waals surface area contributed by atoms with E-state index in [0.717, 1.165) is 5.56 Å². The summed E-state index contributed by atoms with van der Waals surface area (Å²) < 4.78 is 5.08. The fourth-order valence-electron chi connectivity index (χ4n) is 4.07. The first kappa shape index (κ1) is 24.7. The molecule has 0 radical (unpaired) electrons. The number of H-pyrrole nitrogens is 1. The Kier molecular flexibility index (Phi) is 7.17. The van der Waals surface area contributed by atoms with Gasteiger partial charge >= 0.3 is 11.9 Å². The molecule has 1 aromatic heterocycles. The van der Waals surface area contributed by atoms with Gasteiger partial charge in [0.15, 0.2) is 5.88 Å². The van der Waals surface area contributed by atoms with E-state index < -0.39 is 11.9 Å². The molecule has 1 heterocycles. The van der Waals surface area contributed by atoms with Gasteiger partial charge in [0.25, 0.3) is 0 Å². The molecule has 0 saturated heterocycles. The minimum atomic E-state index is -1.04. The lowest BCUT2D eigenvalue weighted by molar-refractivity contribution is 0.0526. The van der Waals surface area contributed by atoms with Gasteiger partial charge in [0.05, 0.1) is 34.7 Å². The molecule has 0 unspecified atom stereocenters. The second-order valence-corrected chi connectivity index (χ2v) is 8.54. The van der Waals surface area contributed by atoms with Gasteiger partial charge in [-0.1, -0.05) is 42.5 Å². The van der Waals surface area contributed by atoms with Gasteiger partial charge in [-0.3, -0.25) is 0 Å². The summed E-state index contributed by atoms with van der Waals surface area (Å²) in [6.07, 6.45) is 0. The SMILES string of the molecule is CCOC(=O)c1ccc2c(C(=Nc3ccc(CN(C)C)c(C(=O)O)c3)c3ccccc3)c(O)[nH]c2c1. The van der Waals surface area contributed by atoms with Gasteiger partial charge in [0.1, 0.15) is 0 Å². The molecule has 0 aliphatic heterocycles. The Morgan fingerprint density at radius 3 is 2.42 bits per heavy atom. The zero-order chi connectivity index (χ0) is 25.8. The second-order valence-electron chi connectivity index (χ2n) is 8.54. The summed E-state index contributed by atoms with van der Waals surface area (Å²) in [6, 6.07) is 19.4. The highest BCUT2D eigenvalue weighted by molar-refractivity contribution is 6.22. The average Bonchev–Trinajstić information content (AvgIpc) is 3.18. The summed E-state index contributed by atoms with van der Waals surface area (Å²) in [4.78, 5) is 33.8. The fourth-order valence-corrected chi connectivity index (χ4v) is 4.07. The highest BCUT2D eigenvalue weighted by Crippen LogP contribution is 2.32. The van der Waals surface area contributed by atoms with Crippen molar-refractivity contribution in [3.8, 4) is 5.88 Å². The van der Waals surface area contributed by atoms with Crippen LogP contribution in [0, 0.1) is 0 Å². The van der Waals surface area contributed by atoms with Crippen molar-refractivity contribution in [1.29, 1.82) is 0 Å². The number of aliphatic imine (C=N–C) groups is 1. The first-order valence-electron chi connectivity index (χ1n) is 11.5. The summed E-state index contributed by atoms with van der Waals surface area (Å²) in [5, 5.41) is 21.4. The van der Waals surface area contributed by atoms with Crippen LogP contribution in [-0.4, -0.2) is 58.4 Å². The van der Waals surface area contributed by atoms with Crippen molar-refractivity contribution in [3.63, 3.8) is 0 Å². The molecule has 4 rings (SSSR count). The van der Waals surface area contributed by atoms with Crippen molar-refractivity contribution in [2.24, 2.45) is 4.99 Å². The molecule has 0 atom stereocenters. The first-order valence-corrected chi connectivity index (χ1v) is 11.5. The summed E-state index contributed by atoms with van der Waals surface area (Å²) >= 11 is 0. The number of hydrogen-bond acceptors (Lipinski definition) is 6. The number of aromatic hydroxyl groups is 1. The number of nitrogens with one attached hydrogen (secondary N) is 1. The fraction of sp³-hybridized carbons (Fsp3) is 0.179. The van der Waals surface area contributed by atoms with Crippen molar-refractivity contribution >= 4 is 34.2 Å². The van der Waals surface area contributed by atoms with Gasteiger partial charge in [-0.05, 0) is 50.8 Å².